The molecule has 1 aliphatic heterocycles. The third kappa shape index (κ3) is 6.20. The summed E-state index contributed by atoms with van der Waals surface area (Å²) in [5.74, 6) is -3.77. The van der Waals surface area contributed by atoms with Crippen LogP contribution in [0, 0.1) is 17.6 Å². The van der Waals surface area contributed by atoms with E-state index in [1.165, 1.54) is 47.2 Å². The zero-order chi connectivity index (χ0) is 33.2. The number of esters is 1. The SMILES string of the molecule is CC(C)[C@H](N)C(=O)OCc1ccc(-c2nn3cccnc3c2C(=O)N[C@H]2N=C(c3ccccc3)c3cccc(F)c3NC2=O)c(F)c1. The lowest BCUT2D eigenvalue weighted by Gasteiger charge is -2.15. The number of rotatable bonds is 8. The molecule has 5 aromatic rings. The van der Waals surface area contributed by atoms with Crippen LogP contribution in [0.15, 0.2) is 90.2 Å². The number of aromatic nitrogens is 3. The van der Waals surface area contributed by atoms with Crippen molar-refractivity contribution in [3.05, 3.63) is 119 Å². The van der Waals surface area contributed by atoms with Crippen molar-refractivity contribution in [1.29, 1.82) is 0 Å². The first-order chi connectivity index (χ1) is 22.6. The topological polar surface area (TPSA) is 153 Å². The van der Waals surface area contributed by atoms with Gasteiger partial charge in [0.15, 0.2) is 5.65 Å². The van der Waals surface area contributed by atoms with Gasteiger partial charge < -0.3 is 21.1 Å². The van der Waals surface area contributed by atoms with Crippen molar-refractivity contribution in [3.63, 3.8) is 0 Å². The summed E-state index contributed by atoms with van der Waals surface area (Å²) in [5, 5.41) is 9.56. The second-order valence-electron chi connectivity index (χ2n) is 11.2. The number of anilines is 1. The summed E-state index contributed by atoms with van der Waals surface area (Å²) in [4.78, 5) is 48.4. The highest BCUT2D eigenvalue weighted by Crippen LogP contribution is 2.30. The summed E-state index contributed by atoms with van der Waals surface area (Å²) in [6, 6.07) is 18.1. The molecule has 2 aromatic heterocycles. The number of carbonyl (C=O) groups is 3. The van der Waals surface area contributed by atoms with Gasteiger partial charge in [-0.15, -0.1) is 0 Å². The maximum atomic E-state index is 15.6. The summed E-state index contributed by atoms with van der Waals surface area (Å²) < 4.78 is 37.1. The van der Waals surface area contributed by atoms with Crippen molar-refractivity contribution in [2.45, 2.75) is 32.7 Å². The van der Waals surface area contributed by atoms with Gasteiger partial charge in [0.05, 0.1) is 11.4 Å². The summed E-state index contributed by atoms with van der Waals surface area (Å²) in [5.41, 5.74) is 7.19. The molecule has 2 atom stereocenters. The van der Waals surface area contributed by atoms with Gasteiger partial charge in [-0.25, -0.2) is 23.3 Å². The number of amides is 2. The van der Waals surface area contributed by atoms with Crippen LogP contribution in [0.3, 0.4) is 0 Å². The Morgan fingerprint density at radius 3 is 2.55 bits per heavy atom. The van der Waals surface area contributed by atoms with Crippen LogP contribution in [0.4, 0.5) is 14.5 Å². The molecule has 0 saturated carbocycles. The second-order valence-corrected chi connectivity index (χ2v) is 11.2. The lowest BCUT2D eigenvalue weighted by molar-refractivity contribution is -0.147. The number of benzene rings is 3. The maximum absolute atomic E-state index is 15.6. The van der Waals surface area contributed by atoms with Crippen molar-refractivity contribution < 1.29 is 27.9 Å². The van der Waals surface area contributed by atoms with E-state index in [9.17, 15) is 18.8 Å². The van der Waals surface area contributed by atoms with Crippen molar-refractivity contribution in [2.75, 3.05) is 5.32 Å². The van der Waals surface area contributed by atoms with E-state index in [4.69, 9.17) is 10.5 Å². The smallest absolute Gasteiger partial charge is 0.323 e. The number of hydrogen-bond donors (Lipinski definition) is 3. The quantitative estimate of drug-likeness (QED) is 0.215. The molecule has 0 unspecified atom stereocenters. The van der Waals surface area contributed by atoms with Crippen LogP contribution in [-0.2, 0) is 20.9 Å². The first kappa shape index (κ1) is 31.2. The number of nitrogens with zero attached hydrogens (tertiary/aromatic N) is 4. The molecule has 3 aromatic carbocycles. The number of hydrogen-bond acceptors (Lipinski definition) is 8. The predicted molar refractivity (Wildman–Crippen MR) is 169 cm³/mol. The highest BCUT2D eigenvalue weighted by Gasteiger charge is 2.32. The molecule has 11 nitrogen and oxygen atoms in total. The minimum absolute atomic E-state index is 0.0390. The number of nitrogens with two attached hydrogens (primary N) is 1. The number of benzodiazepines with no additional fused rings is 1. The van der Waals surface area contributed by atoms with Gasteiger partial charge in [0.1, 0.15) is 35.5 Å². The number of nitrogens with one attached hydrogen (secondary N) is 2. The van der Waals surface area contributed by atoms with E-state index in [1.54, 1.807) is 56.3 Å². The van der Waals surface area contributed by atoms with Crippen LogP contribution in [0.25, 0.3) is 16.9 Å². The minimum atomic E-state index is -1.50. The Morgan fingerprint density at radius 1 is 1.02 bits per heavy atom. The number of fused-ring (bicyclic) bond motifs is 2. The van der Waals surface area contributed by atoms with Gasteiger partial charge in [-0.1, -0.05) is 62.4 Å². The molecule has 0 bridgehead atoms. The van der Waals surface area contributed by atoms with E-state index in [0.717, 1.165) is 0 Å². The van der Waals surface area contributed by atoms with Crippen LogP contribution in [0.1, 0.15) is 40.9 Å². The van der Waals surface area contributed by atoms with E-state index in [2.05, 4.69) is 25.7 Å². The highest BCUT2D eigenvalue weighted by molar-refractivity contribution is 6.20. The molecule has 6 rings (SSSR count). The van der Waals surface area contributed by atoms with Crippen LogP contribution in [-0.4, -0.2) is 50.3 Å². The lowest BCUT2D eigenvalue weighted by atomic mass is 10.0. The average molecular weight is 638 g/mol. The van der Waals surface area contributed by atoms with E-state index in [-0.39, 0.29) is 46.4 Å². The number of ether oxygens (including phenoxy) is 1. The molecule has 1 aliphatic rings. The Kier molecular flexibility index (Phi) is 8.55. The van der Waals surface area contributed by atoms with Gasteiger partial charge in [-0.2, -0.15) is 5.10 Å². The molecule has 0 aliphatic carbocycles. The second kappa shape index (κ2) is 12.9. The maximum Gasteiger partial charge on any atom is 0.323 e. The first-order valence-corrected chi connectivity index (χ1v) is 14.7. The number of halogens is 2. The number of para-hydroxylation sites is 1. The summed E-state index contributed by atoms with van der Waals surface area (Å²) in [6.07, 6.45) is 1.47. The van der Waals surface area contributed by atoms with Gasteiger partial charge in [-0.3, -0.25) is 14.4 Å². The molecule has 2 amide bonds. The highest BCUT2D eigenvalue weighted by atomic mass is 19.1. The molecule has 3 heterocycles. The fraction of sp³-hybridized carbons (Fsp3) is 0.176. The van der Waals surface area contributed by atoms with Gasteiger partial charge in [0.2, 0.25) is 6.17 Å². The molecule has 47 heavy (non-hydrogen) atoms. The standard InChI is InChI=1S/C34H29F2N7O4/c1-18(2)26(37)34(46)47-17-19-12-13-21(24(36)16-19)29-25(31-38-14-7-15-43(31)42-29)32(44)41-30-33(45)40-28-22(10-6-11-23(28)35)27(39-30)20-8-4-3-5-9-20/h3-16,18,26,30H,17,37H2,1-2H3,(H,40,45)(H,41,44)/t26-,30+/m0/s1. The monoisotopic (exact) mass is 637 g/mol. The van der Waals surface area contributed by atoms with E-state index >= 15 is 4.39 Å². The molecule has 238 valence electrons. The Balaban J connectivity index is 1.35. The van der Waals surface area contributed by atoms with Crippen LogP contribution in [0.5, 0.6) is 0 Å². The normalized spacial score (nSPS) is 15.0. The van der Waals surface area contributed by atoms with Crippen LogP contribution < -0.4 is 16.4 Å². The molecule has 0 radical (unpaired) electrons. The van der Waals surface area contributed by atoms with Crippen molar-refractivity contribution in [3.8, 4) is 11.3 Å². The zero-order valence-corrected chi connectivity index (χ0v) is 25.3. The third-order valence-corrected chi connectivity index (χ3v) is 7.62. The van der Waals surface area contributed by atoms with Crippen molar-refractivity contribution in [1.82, 2.24) is 19.9 Å². The minimum Gasteiger partial charge on any atom is -0.460 e. The van der Waals surface area contributed by atoms with Crippen molar-refractivity contribution in [2.24, 2.45) is 16.6 Å². The molecule has 4 N–H and O–H groups in total. The summed E-state index contributed by atoms with van der Waals surface area (Å²) in [6.45, 7) is 3.36. The Hall–Kier alpha value is -5.82. The average Bonchev–Trinajstić information content (AvgIpc) is 3.39. The van der Waals surface area contributed by atoms with Crippen molar-refractivity contribution >= 4 is 34.8 Å². The third-order valence-electron chi connectivity index (χ3n) is 7.62. The van der Waals surface area contributed by atoms with Crippen LogP contribution >= 0.6 is 0 Å². The first-order valence-electron chi connectivity index (χ1n) is 14.7. The van der Waals surface area contributed by atoms with Crippen LogP contribution in [0.2, 0.25) is 0 Å². The summed E-state index contributed by atoms with van der Waals surface area (Å²) in [7, 11) is 0. The Bertz CT molecular complexity index is 2050. The fourth-order valence-corrected chi connectivity index (χ4v) is 5.07. The van der Waals surface area contributed by atoms with Gasteiger partial charge in [-0.05, 0) is 35.7 Å². The number of aliphatic imine (C=N–C) groups is 1. The van der Waals surface area contributed by atoms with E-state index in [0.29, 0.717) is 16.7 Å². The molecular formula is C34H29F2N7O4. The molecule has 0 saturated heterocycles. The van der Waals surface area contributed by atoms with Gasteiger partial charge in [0, 0.05) is 29.1 Å². The summed E-state index contributed by atoms with van der Waals surface area (Å²) >= 11 is 0. The van der Waals surface area contributed by atoms with E-state index in [1.807, 2.05) is 0 Å². The fourth-order valence-electron chi connectivity index (χ4n) is 5.07. The van der Waals surface area contributed by atoms with Gasteiger partial charge >= 0.3 is 5.97 Å². The predicted octanol–water partition coefficient (Wildman–Crippen LogP) is 4.25. The van der Waals surface area contributed by atoms with Gasteiger partial charge in [0.25, 0.3) is 11.8 Å². The Labute approximate surface area is 267 Å². The molecule has 13 heteroatoms. The van der Waals surface area contributed by atoms with E-state index < -0.39 is 41.6 Å². The Morgan fingerprint density at radius 2 is 1.81 bits per heavy atom. The molecular weight excluding hydrogens is 608 g/mol. The lowest BCUT2D eigenvalue weighted by Crippen LogP contribution is -2.42. The zero-order valence-electron chi connectivity index (χ0n) is 25.3. The number of carbonyl (C=O) groups excluding carboxylic acids is 3. The largest absolute Gasteiger partial charge is 0.460 e. The molecule has 0 fully saturated rings. The molecule has 0 spiro atoms.